The third kappa shape index (κ3) is 6.77. The molecule has 1 heterocycles. The first-order chi connectivity index (χ1) is 19.1. The number of nitrogens with one attached hydrogen (secondary N) is 2. The first-order valence-electron chi connectivity index (χ1n) is 12.9. The van der Waals surface area contributed by atoms with Crippen LogP contribution < -0.4 is 15.4 Å². The molecule has 40 heavy (non-hydrogen) atoms. The van der Waals surface area contributed by atoms with Gasteiger partial charge in [0, 0.05) is 38.8 Å². The van der Waals surface area contributed by atoms with Crippen molar-refractivity contribution in [2.75, 3.05) is 26.1 Å². The van der Waals surface area contributed by atoms with Gasteiger partial charge in [-0.05, 0) is 54.5 Å². The molecule has 1 amide bonds. The molecule has 0 saturated carbocycles. The van der Waals surface area contributed by atoms with Crippen molar-refractivity contribution in [3.8, 4) is 5.75 Å². The molecule has 0 saturated heterocycles. The second kappa shape index (κ2) is 12.5. The van der Waals surface area contributed by atoms with Crippen molar-refractivity contribution >= 4 is 23.3 Å². The van der Waals surface area contributed by atoms with Gasteiger partial charge in [-0.15, -0.1) is 0 Å². The Morgan fingerprint density at radius 2 is 1.90 bits per heavy atom. The second-order valence-electron chi connectivity index (χ2n) is 9.66. The van der Waals surface area contributed by atoms with Crippen LogP contribution >= 0.6 is 0 Å². The van der Waals surface area contributed by atoms with Gasteiger partial charge < -0.3 is 20.1 Å². The van der Waals surface area contributed by atoms with E-state index in [9.17, 15) is 22.8 Å². The average Bonchev–Trinajstić information content (AvgIpc) is 3.24. The number of rotatable bonds is 11. The summed E-state index contributed by atoms with van der Waals surface area (Å²) in [7, 11) is 3.00. The zero-order valence-electron chi connectivity index (χ0n) is 22.5. The van der Waals surface area contributed by atoms with Gasteiger partial charge in [-0.2, -0.15) is 13.2 Å². The lowest BCUT2D eigenvalue weighted by atomic mass is 9.93. The molecule has 2 atom stereocenters. The lowest BCUT2D eigenvalue weighted by Gasteiger charge is -2.23. The van der Waals surface area contributed by atoms with E-state index in [1.807, 2.05) is 24.3 Å². The van der Waals surface area contributed by atoms with E-state index in [1.165, 1.54) is 14.0 Å². The first kappa shape index (κ1) is 29.0. The number of hydrogen-bond donors (Lipinski definition) is 2. The molecule has 11 heteroatoms. The van der Waals surface area contributed by atoms with Crippen molar-refractivity contribution in [1.29, 1.82) is 0 Å². The molecule has 0 aliphatic heterocycles. The maximum absolute atomic E-state index is 14.0. The quantitative estimate of drug-likeness (QED) is 0.239. The van der Waals surface area contributed by atoms with Crippen molar-refractivity contribution in [2.24, 2.45) is 5.92 Å². The lowest BCUT2D eigenvalue weighted by molar-refractivity contribution is -0.138. The molecule has 0 radical (unpaired) electrons. The van der Waals surface area contributed by atoms with E-state index < -0.39 is 17.8 Å². The summed E-state index contributed by atoms with van der Waals surface area (Å²) in [6.07, 6.45) is -2.55. The molecule has 2 N–H and O–H groups in total. The molecule has 1 aromatic heterocycles. The summed E-state index contributed by atoms with van der Waals surface area (Å²) < 4.78 is 52.3. The molecular formula is C29H31F3N4O4. The monoisotopic (exact) mass is 556 g/mol. The molecule has 3 aromatic rings. The number of Topliss-reactive ketones (excluding diaryl/α,β-unsaturated/α-hetero) is 1. The predicted molar refractivity (Wildman–Crippen MR) is 143 cm³/mol. The van der Waals surface area contributed by atoms with E-state index in [0.29, 0.717) is 42.9 Å². The summed E-state index contributed by atoms with van der Waals surface area (Å²) in [6, 6.07) is 11.8. The van der Waals surface area contributed by atoms with Crippen LogP contribution in [0.4, 0.5) is 24.8 Å². The highest BCUT2D eigenvalue weighted by Gasteiger charge is 2.39. The average molecular weight is 557 g/mol. The molecular weight excluding hydrogens is 525 g/mol. The second-order valence-corrected chi connectivity index (χ2v) is 9.66. The van der Waals surface area contributed by atoms with Crippen LogP contribution in [-0.2, 0) is 28.5 Å². The van der Waals surface area contributed by atoms with Crippen LogP contribution in [0.15, 0.2) is 48.7 Å². The zero-order valence-corrected chi connectivity index (χ0v) is 22.5. The van der Waals surface area contributed by atoms with Crippen LogP contribution in [0.3, 0.4) is 0 Å². The maximum Gasteiger partial charge on any atom is 0.419 e. The first-order valence-corrected chi connectivity index (χ1v) is 12.9. The summed E-state index contributed by atoms with van der Waals surface area (Å²) in [5.74, 6) is -0.406. The number of fused-ring (bicyclic) bond motifs is 1. The van der Waals surface area contributed by atoms with Gasteiger partial charge >= 0.3 is 6.18 Å². The van der Waals surface area contributed by atoms with E-state index in [4.69, 9.17) is 9.47 Å². The third-order valence-corrected chi connectivity index (χ3v) is 6.85. The normalized spacial score (nSPS) is 16.4. The van der Waals surface area contributed by atoms with E-state index in [1.54, 1.807) is 25.3 Å². The molecule has 0 bridgehead atoms. The largest absolute Gasteiger partial charge is 0.495 e. The number of benzene rings is 2. The van der Waals surface area contributed by atoms with E-state index in [0.717, 1.165) is 17.3 Å². The number of nitrogens with zero attached hydrogens (tertiary/aromatic N) is 2. The van der Waals surface area contributed by atoms with Gasteiger partial charge in [0.05, 0.1) is 30.1 Å². The van der Waals surface area contributed by atoms with Gasteiger partial charge in [0.15, 0.2) is 5.78 Å². The van der Waals surface area contributed by atoms with Crippen molar-refractivity contribution in [3.63, 3.8) is 0 Å². The Morgan fingerprint density at radius 1 is 1.12 bits per heavy atom. The topological polar surface area (TPSA) is 102 Å². The molecule has 0 unspecified atom stereocenters. The Morgan fingerprint density at radius 3 is 2.60 bits per heavy atom. The molecule has 1 aliphatic rings. The number of carbonyl (C=O) groups is 2. The SMILES string of the molecule is COCCCC(=O)c1ccc(Nc2ncc(C(F)(F)F)c(C[C@@H]3Cc4ccccc4[C@H]3NC(C)=O)n2)c(OC)c1. The number of carbonyl (C=O) groups excluding carboxylic acids is 2. The van der Waals surface area contributed by atoms with Gasteiger partial charge in [0.25, 0.3) is 0 Å². The summed E-state index contributed by atoms with van der Waals surface area (Å²) in [5, 5.41) is 5.83. The van der Waals surface area contributed by atoms with Crippen LogP contribution in [0.2, 0.25) is 0 Å². The van der Waals surface area contributed by atoms with Gasteiger partial charge in [-0.25, -0.2) is 9.97 Å². The molecule has 0 fully saturated rings. The number of halogens is 3. The number of amides is 1. The summed E-state index contributed by atoms with van der Waals surface area (Å²) >= 11 is 0. The number of ketones is 1. The number of hydrogen-bond acceptors (Lipinski definition) is 7. The maximum atomic E-state index is 14.0. The predicted octanol–water partition coefficient (Wildman–Crippen LogP) is 5.45. The molecule has 1 aliphatic carbocycles. The minimum atomic E-state index is -4.66. The molecule has 4 rings (SSSR count). The van der Waals surface area contributed by atoms with Gasteiger partial charge in [-0.1, -0.05) is 24.3 Å². The minimum absolute atomic E-state index is 0.0300. The Labute approximate surface area is 230 Å². The van der Waals surface area contributed by atoms with Crippen LogP contribution in [0.5, 0.6) is 5.75 Å². The molecule has 2 aromatic carbocycles. The van der Waals surface area contributed by atoms with Crippen LogP contribution in [-0.4, -0.2) is 42.5 Å². The number of anilines is 2. The lowest BCUT2D eigenvalue weighted by Crippen LogP contribution is -2.31. The van der Waals surface area contributed by atoms with Gasteiger partial charge in [0.1, 0.15) is 5.75 Å². The van der Waals surface area contributed by atoms with Crippen LogP contribution in [0.1, 0.15) is 58.5 Å². The summed E-state index contributed by atoms with van der Waals surface area (Å²) in [6.45, 7) is 1.85. The Balaban J connectivity index is 1.61. The molecule has 0 spiro atoms. The Bertz CT molecular complexity index is 1380. The number of aromatic nitrogens is 2. The molecule has 8 nitrogen and oxygen atoms in total. The fourth-order valence-electron chi connectivity index (χ4n) is 5.01. The Hall–Kier alpha value is -3.99. The summed E-state index contributed by atoms with van der Waals surface area (Å²) in [5.41, 5.74) is 1.60. The van der Waals surface area contributed by atoms with E-state index in [-0.39, 0.29) is 35.7 Å². The van der Waals surface area contributed by atoms with Gasteiger partial charge in [-0.3, -0.25) is 9.59 Å². The fraction of sp³-hybridized carbons (Fsp3) is 0.379. The third-order valence-electron chi connectivity index (χ3n) is 6.85. The van der Waals surface area contributed by atoms with Crippen molar-refractivity contribution in [1.82, 2.24) is 15.3 Å². The summed E-state index contributed by atoms with van der Waals surface area (Å²) in [4.78, 5) is 32.6. The van der Waals surface area contributed by atoms with Crippen molar-refractivity contribution in [2.45, 2.75) is 44.8 Å². The number of methoxy groups -OCH3 is 2. The highest BCUT2D eigenvalue weighted by molar-refractivity contribution is 5.97. The highest BCUT2D eigenvalue weighted by atomic mass is 19.4. The number of ether oxygens (including phenoxy) is 2. The van der Waals surface area contributed by atoms with Crippen molar-refractivity contribution in [3.05, 3.63) is 76.6 Å². The highest BCUT2D eigenvalue weighted by Crippen LogP contribution is 2.40. The van der Waals surface area contributed by atoms with Crippen LogP contribution in [0.25, 0.3) is 0 Å². The Kier molecular flexibility index (Phi) is 9.03. The smallest absolute Gasteiger partial charge is 0.419 e. The zero-order chi connectivity index (χ0) is 28.9. The van der Waals surface area contributed by atoms with E-state index >= 15 is 0 Å². The number of alkyl halides is 3. The standard InChI is InChI=1S/C29H31F3N4O4/c1-17(37)34-27-20(13-18-7-4-5-8-21(18)27)14-24-22(29(30,31)32)16-33-28(36-24)35-23-11-10-19(15-26(23)40-3)25(38)9-6-12-39-2/h4-5,7-8,10-11,15-16,20,27H,6,9,12-14H2,1-3H3,(H,34,37)(H,33,35,36)/t20-,27-/m0/s1. The molecule has 212 valence electrons. The van der Waals surface area contributed by atoms with Gasteiger partial charge in [0.2, 0.25) is 11.9 Å². The minimum Gasteiger partial charge on any atom is -0.495 e. The fourth-order valence-corrected chi connectivity index (χ4v) is 5.01. The van der Waals surface area contributed by atoms with Crippen molar-refractivity contribution < 1.29 is 32.2 Å². The van der Waals surface area contributed by atoms with E-state index in [2.05, 4.69) is 20.6 Å². The van der Waals surface area contributed by atoms with Crippen LogP contribution in [0, 0.1) is 5.92 Å².